The Bertz CT molecular complexity index is 2020. The van der Waals surface area contributed by atoms with Crippen LogP contribution in [0.15, 0.2) is 24.3 Å². The maximum atomic E-state index is 13.2. The molecule has 6 atom stereocenters. The van der Waals surface area contributed by atoms with E-state index in [4.69, 9.17) is 34.3 Å². The van der Waals surface area contributed by atoms with Gasteiger partial charge in [-0.25, -0.2) is 9.59 Å². The van der Waals surface area contributed by atoms with Crippen molar-refractivity contribution >= 4 is 23.9 Å². The number of aryl methyl sites for hydroxylation is 2. The Labute approximate surface area is 413 Å². The van der Waals surface area contributed by atoms with Gasteiger partial charge in [-0.05, 0) is 158 Å². The number of carbonyl (C=O) groups is 4. The van der Waals surface area contributed by atoms with Crippen molar-refractivity contribution in [1.82, 2.24) is 0 Å². The largest absolute Gasteiger partial charge is 0.469 e. The highest BCUT2D eigenvalue weighted by atomic mass is 16.5. The lowest BCUT2D eigenvalue weighted by Gasteiger charge is -2.54. The van der Waals surface area contributed by atoms with E-state index in [1.54, 1.807) is 7.11 Å². The highest BCUT2D eigenvalue weighted by molar-refractivity contribution is 5.93. The molecule has 0 aromatic heterocycles. The van der Waals surface area contributed by atoms with E-state index in [1.165, 1.54) is 23.8 Å². The molecule has 3 N–H and O–H groups in total. The van der Waals surface area contributed by atoms with E-state index >= 15 is 0 Å². The number of fused-ring (bicyclic) bond motifs is 6. The van der Waals surface area contributed by atoms with Crippen molar-refractivity contribution in [3.8, 4) is 0 Å². The van der Waals surface area contributed by atoms with E-state index in [2.05, 4.69) is 78.3 Å². The molecule has 0 heterocycles. The molecule has 6 unspecified atom stereocenters. The summed E-state index contributed by atoms with van der Waals surface area (Å²) in [5, 5.41) is 26.2. The van der Waals surface area contributed by atoms with Crippen LogP contribution in [0.3, 0.4) is 0 Å². The molecule has 4 aliphatic rings. The summed E-state index contributed by atoms with van der Waals surface area (Å²) in [5.74, 6) is -0.0586. The quantitative estimate of drug-likeness (QED) is 0.0734. The zero-order valence-electron chi connectivity index (χ0n) is 44.2. The molecule has 2 fully saturated rings. The van der Waals surface area contributed by atoms with Gasteiger partial charge in [0.25, 0.3) is 0 Å². The average Bonchev–Trinajstić information content (AvgIpc) is 3.32. The monoisotopic (exact) mass is 965 g/mol. The molecule has 6 rings (SSSR count). The number of aliphatic hydroxyl groups excluding tert-OH is 3. The van der Waals surface area contributed by atoms with E-state index in [9.17, 15) is 19.2 Å². The third kappa shape index (κ3) is 13.0. The summed E-state index contributed by atoms with van der Waals surface area (Å²) >= 11 is 0. The third-order valence-electron chi connectivity index (χ3n) is 16.2. The number of hydrogen-bond donors (Lipinski definition) is 3. The van der Waals surface area contributed by atoms with Crippen LogP contribution in [0.5, 0.6) is 0 Å². The van der Waals surface area contributed by atoms with E-state index in [1.807, 2.05) is 13.0 Å². The fraction of sp³-hybridized carbons (Fsp3) is 0.719. The average molecular weight is 965 g/mol. The van der Waals surface area contributed by atoms with Gasteiger partial charge in [-0.15, -0.1) is 0 Å². The normalized spacial score (nSPS) is 25.6. The lowest BCUT2D eigenvalue weighted by Crippen LogP contribution is -2.53. The Morgan fingerprint density at radius 3 is 1.36 bits per heavy atom. The SMILES string of the molecule is CC(C)c1cc2c(cc1C(=O)OCCCO)C1(C)CCCC(C)(C(=O)OCCCO)C1CC2.CCCCOC(=O)c1cc2c(cc1C(C)C)CCC1C(C)(C(=O)OC)CCCC21C.COCCCO. The van der Waals surface area contributed by atoms with Crippen LogP contribution >= 0.6 is 0 Å². The fourth-order valence-electron chi connectivity index (χ4n) is 12.4. The van der Waals surface area contributed by atoms with Crippen molar-refractivity contribution < 1.29 is 58.2 Å². The van der Waals surface area contributed by atoms with Crippen molar-refractivity contribution in [3.05, 3.63) is 68.8 Å². The molecule has 0 amide bonds. The molecule has 12 nitrogen and oxygen atoms in total. The van der Waals surface area contributed by atoms with Crippen LogP contribution < -0.4 is 0 Å². The second-order valence-electron chi connectivity index (χ2n) is 21.5. The summed E-state index contributed by atoms with van der Waals surface area (Å²) in [6, 6.07) is 8.55. The highest BCUT2D eigenvalue weighted by Gasteiger charge is 2.57. The summed E-state index contributed by atoms with van der Waals surface area (Å²) < 4.78 is 26.5. The van der Waals surface area contributed by atoms with Gasteiger partial charge in [-0.2, -0.15) is 0 Å². The van der Waals surface area contributed by atoms with Crippen LogP contribution in [-0.4, -0.2) is 99.7 Å². The van der Waals surface area contributed by atoms with Gasteiger partial charge >= 0.3 is 23.9 Å². The Balaban J connectivity index is 0.000000270. The zero-order valence-corrected chi connectivity index (χ0v) is 44.2. The molecular weight excluding hydrogens is 877 g/mol. The number of aliphatic hydroxyl groups is 3. The van der Waals surface area contributed by atoms with Crippen LogP contribution in [0.1, 0.15) is 212 Å². The van der Waals surface area contributed by atoms with E-state index in [0.29, 0.717) is 37.2 Å². The van der Waals surface area contributed by atoms with Crippen LogP contribution in [0.25, 0.3) is 0 Å². The number of ether oxygens (including phenoxy) is 5. The smallest absolute Gasteiger partial charge is 0.338 e. The molecule has 0 aliphatic heterocycles. The van der Waals surface area contributed by atoms with Gasteiger partial charge in [0.05, 0.1) is 48.9 Å². The number of esters is 4. The van der Waals surface area contributed by atoms with Crippen LogP contribution in [0, 0.1) is 22.7 Å². The molecule has 388 valence electrons. The van der Waals surface area contributed by atoms with Crippen molar-refractivity contribution in [3.63, 3.8) is 0 Å². The topological polar surface area (TPSA) is 175 Å². The minimum absolute atomic E-state index is 0.00782. The lowest BCUT2D eigenvalue weighted by molar-refractivity contribution is -0.165. The molecule has 2 aromatic rings. The Morgan fingerprint density at radius 1 is 0.580 bits per heavy atom. The van der Waals surface area contributed by atoms with Crippen LogP contribution in [0.4, 0.5) is 0 Å². The van der Waals surface area contributed by atoms with E-state index in [-0.39, 0.29) is 91.4 Å². The Kier molecular flexibility index (Phi) is 21.8. The first-order valence-corrected chi connectivity index (χ1v) is 26.0. The predicted octanol–water partition coefficient (Wildman–Crippen LogP) is 10.3. The minimum Gasteiger partial charge on any atom is -0.469 e. The highest BCUT2D eigenvalue weighted by Crippen LogP contribution is 2.59. The van der Waals surface area contributed by atoms with Gasteiger partial charge in [-0.1, -0.05) is 79.9 Å². The summed E-state index contributed by atoms with van der Waals surface area (Å²) in [5.41, 5.74) is 6.93. The maximum Gasteiger partial charge on any atom is 0.338 e. The molecule has 2 saturated carbocycles. The first-order valence-electron chi connectivity index (χ1n) is 26.0. The summed E-state index contributed by atoms with van der Waals surface area (Å²) in [6.07, 6.45) is 12.7. The van der Waals surface area contributed by atoms with Crippen molar-refractivity contribution in [1.29, 1.82) is 0 Å². The summed E-state index contributed by atoms with van der Waals surface area (Å²) in [7, 11) is 3.12. The molecule has 2 aromatic carbocycles. The molecular formula is C57H88O12. The van der Waals surface area contributed by atoms with Crippen LogP contribution in [0.2, 0.25) is 0 Å². The Morgan fingerprint density at radius 2 is 0.986 bits per heavy atom. The minimum atomic E-state index is -0.585. The molecule has 4 aliphatic carbocycles. The number of benzene rings is 2. The standard InChI is InChI=1S/C27H40O6.C26H38O4.C4H10O2/c1-18(2)20-16-19-8-9-23-26(3,22(19)17-21(20)24(30)32-14-6-12-28)10-5-11-27(23,4)25(31)33-15-7-13-29;1-7-8-14-30-23(27)20-16-21-18(15-19(20)17(2)3)10-11-22-25(21,4)12-9-13-26(22,5)24(28)29-6;1-6-4-2-3-5/h16-18,23,28-29H,5-15H2,1-4H3;15-17,22H,7-14H2,1-6H3;5H,2-4H2,1H3. The lowest BCUT2D eigenvalue weighted by atomic mass is 9.49. The number of carbonyl (C=O) groups excluding carboxylic acids is 4. The fourth-order valence-corrected chi connectivity index (χ4v) is 12.4. The summed E-state index contributed by atoms with van der Waals surface area (Å²) in [4.78, 5) is 51.9. The first kappa shape index (κ1) is 57.7. The van der Waals surface area contributed by atoms with Gasteiger partial charge < -0.3 is 39.0 Å². The molecule has 69 heavy (non-hydrogen) atoms. The molecule has 0 bridgehead atoms. The number of unbranched alkanes of at least 4 members (excludes halogenated alkanes) is 1. The molecule has 12 heteroatoms. The first-order chi connectivity index (χ1) is 32.8. The van der Waals surface area contributed by atoms with Crippen molar-refractivity contribution in [2.45, 2.75) is 181 Å². The molecule has 0 saturated heterocycles. The van der Waals surface area contributed by atoms with Crippen molar-refractivity contribution in [2.24, 2.45) is 22.7 Å². The van der Waals surface area contributed by atoms with Gasteiger partial charge in [0.2, 0.25) is 0 Å². The number of methoxy groups -OCH3 is 2. The van der Waals surface area contributed by atoms with Crippen molar-refractivity contribution in [2.75, 3.05) is 60.5 Å². The molecule has 0 spiro atoms. The number of hydrogen-bond acceptors (Lipinski definition) is 12. The summed E-state index contributed by atoms with van der Waals surface area (Å²) in [6.45, 7) is 21.0. The van der Waals surface area contributed by atoms with Gasteiger partial charge in [0, 0.05) is 46.4 Å². The second kappa shape index (κ2) is 26.0. The van der Waals surface area contributed by atoms with Gasteiger partial charge in [0.1, 0.15) is 0 Å². The van der Waals surface area contributed by atoms with Gasteiger partial charge in [-0.3, -0.25) is 9.59 Å². The van der Waals surface area contributed by atoms with Crippen LogP contribution in [-0.2, 0) is 56.9 Å². The predicted molar refractivity (Wildman–Crippen MR) is 269 cm³/mol. The molecule has 0 radical (unpaired) electrons. The zero-order chi connectivity index (χ0) is 51.2. The Hall–Kier alpha value is -3.84. The van der Waals surface area contributed by atoms with Gasteiger partial charge in [0.15, 0.2) is 0 Å². The number of rotatable bonds is 18. The van der Waals surface area contributed by atoms with E-state index < -0.39 is 10.8 Å². The maximum absolute atomic E-state index is 13.2. The van der Waals surface area contributed by atoms with E-state index in [0.717, 1.165) is 100 Å². The third-order valence-corrected chi connectivity index (χ3v) is 16.2. The second-order valence-corrected chi connectivity index (χ2v) is 21.5.